The number of hydrogen-bond donors (Lipinski definition) is 2. The van der Waals surface area contributed by atoms with Crippen molar-refractivity contribution in [1.82, 2.24) is 0 Å². The predicted molar refractivity (Wildman–Crippen MR) is 111 cm³/mol. The van der Waals surface area contributed by atoms with E-state index in [2.05, 4.69) is 0 Å². The second kappa shape index (κ2) is 7.71. The van der Waals surface area contributed by atoms with Crippen molar-refractivity contribution < 1.29 is 19.0 Å². The Morgan fingerprint density at radius 3 is 2.66 bits per heavy atom. The number of fused-ring (bicyclic) bond motifs is 1. The number of methoxy groups -OCH3 is 1. The monoisotopic (exact) mass is 391 g/mol. The number of amidine groups is 1. The van der Waals surface area contributed by atoms with Crippen LogP contribution in [0.3, 0.4) is 0 Å². The quantitative estimate of drug-likeness (QED) is 0.495. The number of cyclic esters (lactones) is 1. The van der Waals surface area contributed by atoms with Crippen LogP contribution in [0, 0.1) is 5.41 Å². The molecule has 148 valence electrons. The average molecular weight is 391 g/mol. The third kappa shape index (κ3) is 3.94. The van der Waals surface area contributed by atoms with E-state index >= 15 is 0 Å². The van der Waals surface area contributed by atoms with Crippen LogP contribution in [-0.4, -0.2) is 38.3 Å². The number of nitrogens with zero attached hydrogens (tertiary/aromatic N) is 1. The molecule has 1 saturated heterocycles. The van der Waals surface area contributed by atoms with Crippen molar-refractivity contribution in [2.45, 2.75) is 6.10 Å². The van der Waals surface area contributed by atoms with Gasteiger partial charge in [0.05, 0.1) is 13.7 Å². The van der Waals surface area contributed by atoms with Crippen molar-refractivity contribution in [1.29, 1.82) is 5.41 Å². The molecule has 4 rings (SSSR count). The van der Waals surface area contributed by atoms with Crippen LogP contribution in [0.2, 0.25) is 0 Å². The van der Waals surface area contributed by atoms with E-state index in [1.54, 1.807) is 31.4 Å². The van der Waals surface area contributed by atoms with Crippen LogP contribution in [0.25, 0.3) is 10.8 Å². The summed E-state index contributed by atoms with van der Waals surface area (Å²) in [5.41, 5.74) is 6.73. The first kappa shape index (κ1) is 18.6. The van der Waals surface area contributed by atoms with E-state index in [-0.39, 0.29) is 12.4 Å². The summed E-state index contributed by atoms with van der Waals surface area (Å²) < 4.78 is 16.6. The highest BCUT2D eigenvalue weighted by atomic mass is 16.6. The SMILES string of the molecule is COc1ccc2ccc(OCC3CN(c4cccc(C(=N)N)c4)C(=O)O3)cc2c1. The minimum Gasteiger partial charge on any atom is -0.497 e. The lowest BCUT2D eigenvalue weighted by molar-refractivity contribution is 0.105. The lowest BCUT2D eigenvalue weighted by Gasteiger charge is -2.14. The smallest absolute Gasteiger partial charge is 0.414 e. The molecule has 7 nitrogen and oxygen atoms in total. The summed E-state index contributed by atoms with van der Waals surface area (Å²) in [4.78, 5) is 13.8. The zero-order valence-corrected chi connectivity index (χ0v) is 15.9. The van der Waals surface area contributed by atoms with Gasteiger partial charge in [-0.2, -0.15) is 0 Å². The normalized spacial score (nSPS) is 16.0. The number of rotatable bonds is 6. The zero-order chi connectivity index (χ0) is 20.4. The fourth-order valence-electron chi connectivity index (χ4n) is 3.27. The molecule has 1 unspecified atom stereocenters. The lowest BCUT2D eigenvalue weighted by Crippen LogP contribution is -2.27. The highest BCUT2D eigenvalue weighted by Gasteiger charge is 2.33. The highest BCUT2D eigenvalue weighted by molar-refractivity contribution is 5.97. The molecule has 7 heteroatoms. The Morgan fingerprint density at radius 2 is 1.90 bits per heavy atom. The Balaban J connectivity index is 1.43. The molecule has 1 atom stereocenters. The predicted octanol–water partition coefficient (Wildman–Crippen LogP) is 3.54. The van der Waals surface area contributed by atoms with Crippen LogP contribution in [0.15, 0.2) is 60.7 Å². The van der Waals surface area contributed by atoms with Crippen molar-refractivity contribution in [2.24, 2.45) is 5.73 Å². The molecule has 1 aliphatic rings. The van der Waals surface area contributed by atoms with Gasteiger partial charge < -0.3 is 19.9 Å². The molecule has 0 saturated carbocycles. The van der Waals surface area contributed by atoms with E-state index in [1.807, 2.05) is 36.4 Å². The lowest BCUT2D eigenvalue weighted by atomic mass is 10.1. The van der Waals surface area contributed by atoms with E-state index in [1.165, 1.54) is 4.90 Å². The van der Waals surface area contributed by atoms with E-state index in [0.29, 0.717) is 23.5 Å². The fourth-order valence-corrected chi connectivity index (χ4v) is 3.27. The molecular weight excluding hydrogens is 370 g/mol. The topological polar surface area (TPSA) is 97.9 Å². The van der Waals surface area contributed by atoms with Gasteiger partial charge in [0.15, 0.2) is 6.10 Å². The molecule has 1 amide bonds. The zero-order valence-electron chi connectivity index (χ0n) is 15.9. The number of amides is 1. The molecule has 3 aromatic carbocycles. The number of carbonyl (C=O) groups excluding carboxylic acids is 1. The minimum atomic E-state index is -0.442. The molecule has 1 aliphatic heterocycles. The molecule has 1 heterocycles. The van der Waals surface area contributed by atoms with Gasteiger partial charge in [0.2, 0.25) is 0 Å². The number of ether oxygens (including phenoxy) is 3. The summed E-state index contributed by atoms with van der Waals surface area (Å²) in [6, 6.07) is 18.6. The maximum Gasteiger partial charge on any atom is 0.414 e. The van der Waals surface area contributed by atoms with E-state index in [9.17, 15) is 4.79 Å². The molecule has 0 aliphatic carbocycles. The standard InChI is InChI=1S/C22H21N3O4/c1-27-18-7-5-14-6-8-19(11-16(14)10-18)28-13-20-12-25(22(26)29-20)17-4-2-3-15(9-17)21(23)24/h2-11,20H,12-13H2,1H3,(H3,23,24). The van der Waals surface area contributed by atoms with E-state index < -0.39 is 12.2 Å². The van der Waals surface area contributed by atoms with Crippen LogP contribution < -0.4 is 20.1 Å². The first-order valence-corrected chi connectivity index (χ1v) is 9.17. The largest absolute Gasteiger partial charge is 0.497 e. The van der Waals surface area contributed by atoms with Gasteiger partial charge in [-0.1, -0.05) is 24.3 Å². The van der Waals surface area contributed by atoms with Gasteiger partial charge in [0.25, 0.3) is 0 Å². The average Bonchev–Trinajstić information content (AvgIpc) is 3.12. The Labute approximate surface area is 168 Å². The summed E-state index contributed by atoms with van der Waals surface area (Å²) in [6.45, 7) is 0.603. The van der Waals surface area contributed by atoms with Gasteiger partial charge >= 0.3 is 6.09 Å². The van der Waals surface area contributed by atoms with Crippen molar-refractivity contribution in [3.8, 4) is 11.5 Å². The van der Waals surface area contributed by atoms with Crippen LogP contribution >= 0.6 is 0 Å². The minimum absolute atomic E-state index is 0.0489. The van der Waals surface area contributed by atoms with Gasteiger partial charge in [-0.25, -0.2) is 4.79 Å². The molecule has 3 N–H and O–H groups in total. The van der Waals surface area contributed by atoms with E-state index in [4.69, 9.17) is 25.4 Å². The first-order chi connectivity index (χ1) is 14.0. The highest BCUT2D eigenvalue weighted by Crippen LogP contribution is 2.26. The second-order valence-electron chi connectivity index (χ2n) is 6.77. The number of hydrogen-bond acceptors (Lipinski definition) is 5. The van der Waals surface area contributed by atoms with Gasteiger partial charge in [-0.05, 0) is 47.2 Å². The van der Waals surface area contributed by atoms with Crippen LogP contribution in [0.1, 0.15) is 5.56 Å². The van der Waals surface area contributed by atoms with E-state index in [0.717, 1.165) is 16.5 Å². The summed E-state index contributed by atoms with van der Waals surface area (Å²) in [5, 5.41) is 9.64. The molecule has 29 heavy (non-hydrogen) atoms. The molecule has 1 fully saturated rings. The number of anilines is 1. The molecule has 0 radical (unpaired) electrons. The molecule has 0 bridgehead atoms. The number of nitrogens with two attached hydrogens (primary N) is 1. The fraction of sp³-hybridized carbons (Fsp3) is 0.182. The number of nitrogen functional groups attached to an aromatic ring is 1. The van der Waals surface area contributed by atoms with Crippen LogP contribution in [0.4, 0.5) is 10.5 Å². The number of nitrogens with one attached hydrogen (secondary N) is 1. The third-order valence-electron chi connectivity index (χ3n) is 4.80. The van der Waals surface area contributed by atoms with Gasteiger partial charge in [-0.3, -0.25) is 10.3 Å². The molecular formula is C22H21N3O4. The maximum absolute atomic E-state index is 12.3. The van der Waals surface area contributed by atoms with Crippen molar-refractivity contribution in [3.05, 3.63) is 66.2 Å². The maximum atomic E-state index is 12.3. The van der Waals surface area contributed by atoms with Gasteiger partial charge in [0.1, 0.15) is 23.9 Å². The summed E-state index contributed by atoms with van der Waals surface area (Å²) in [6.07, 6.45) is -0.841. The Bertz CT molecular complexity index is 1080. The molecule has 0 spiro atoms. The van der Waals surface area contributed by atoms with Crippen molar-refractivity contribution in [3.63, 3.8) is 0 Å². The van der Waals surface area contributed by atoms with Gasteiger partial charge in [0, 0.05) is 11.3 Å². The second-order valence-corrected chi connectivity index (χ2v) is 6.77. The summed E-state index contributed by atoms with van der Waals surface area (Å²) >= 11 is 0. The van der Waals surface area contributed by atoms with Crippen LogP contribution in [-0.2, 0) is 4.74 Å². The number of benzene rings is 3. The Hall–Kier alpha value is -3.74. The number of carbonyl (C=O) groups is 1. The van der Waals surface area contributed by atoms with Crippen LogP contribution in [0.5, 0.6) is 11.5 Å². The molecule has 0 aromatic heterocycles. The Morgan fingerprint density at radius 1 is 1.14 bits per heavy atom. The summed E-state index contributed by atoms with van der Waals surface area (Å²) in [7, 11) is 1.63. The van der Waals surface area contributed by atoms with Crippen molar-refractivity contribution in [2.75, 3.05) is 25.2 Å². The third-order valence-corrected chi connectivity index (χ3v) is 4.80. The summed E-state index contributed by atoms with van der Waals surface area (Å²) in [5.74, 6) is 1.42. The first-order valence-electron chi connectivity index (χ1n) is 9.17. The Kier molecular flexibility index (Phi) is 4.95. The molecule has 3 aromatic rings. The van der Waals surface area contributed by atoms with Crippen molar-refractivity contribution >= 4 is 28.4 Å². The van der Waals surface area contributed by atoms with Gasteiger partial charge in [-0.15, -0.1) is 0 Å².